The number of aromatic nitrogens is 4. The first kappa shape index (κ1) is 35.5. The molecule has 3 aromatic heterocycles. The smallest absolute Gasteiger partial charge is 0.164 e. The Morgan fingerprint density at radius 1 is 0.306 bits per heavy atom. The van der Waals surface area contributed by atoms with Gasteiger partial charge in [0.2, 0.25) is 0 Å². The molecule has 62 heavy (non-hydrogen) atoms. The van der Waals surface area contributed by atoms with E-state index in [9.17, 15) is 0 Å². The number of nitrogens with zero attached hydrogens (tertiary/aromatic N) is 4. The number of hydrogen-bond acceptors (Lipinski definition) is 4. The molecule has 0 N–H and O–H groups in total. The molecular weight excluding hydrogens is 757 g/mol. The minimum atomic E-state index is 0.583. The molecule has 0 radical (unpaired) electrons. The Bertz CT molecular complexity index is 3600. The van der Waals surface area contributed by atoms with E-state index in [1.807, 2.05) is 36.4 Å². The van der Waals surface area contributed by atoms with E-state index in [2.05, 4.69) is 187 Å². The fourth-order valence-corrected chi connectivity index (χ4v) is 8.85. The minimum absolute atomic E-state index is 0.583. The second-order valence-electron chi connectivity index (χ2n) is 15.6. The summed E-state index contributed by atoms with van der Waals surface area (Å²) in [5.41, 5.74) is 14.7. The van der Waals surface area contributed by atoms with Gasteiger partial charge >= 0.3 is 0 Å². The maximum absolute atomic E-state index is 6.66. The molecule has 0 aliphatic heterocycles. The summed E-state index contributed by atoms with van der Waals surface area (Å²) in [6.07, 6.45) is 0. The summed E-state index contributed by atoms with van der Waals surface area (Å²) in [7, 11) is 0. The van der Waals surface area contributed by atoms with Crippen LogP contribution < -0.4 is 0 Å². The molecule has 5 heteroatoms. The van der Waals surface area contributed by atoms with E-state index in [1.165, 1.54) is 27.4 Å². The van der Waals surface area contributed by atoms with Crippen molar-refractivity contribution in [1.29, 1.82) is 0 Å². The van der Waals surface area contributed by atoms with Crippen molar-refractivity contribution in [3.05, 3.63) is 218 Å². The van der Waals surface area contributed by atoms with Gasteiger partial charge in [0.25, 0.3) is 0 Å². The lowest BCUT2D eigenvalue weighted by Crippen LogP contribution is -2.00. The first-order valence-electron chi connectivity index (χ1n) is 20.8. The summed E-state index contributed by atoms with van der Waals surface area (Å²) in [5, 5.41) is 4.51. The topological polar surface area (TPSA) is 56.7 Å². The van der Waals surface area contributed by atoms with Crippen LogP contribution in [-0.2, 0) is 0 Å². The van der Waals surface area contributed by atoms with E-state index in [-0.39, 0.29) is 0 Å². The predicted molar refractivity (Wildman–Crippen MR) is 254 cm³/mol. The minimum Gasteiger partial charge on any atom is -0.456 e. The van der Waals surface area contributed by atoms with Gasteiger partial charge in [0.05, 0.1) is 11.0 Å². The second-order valence-corrected chi connectivity index (χ2v) is 15.6. The Hall–Kier alpha value is -8.41. The highest BCUT2D eigenvalue weighted by Gasteiger charge is 2.19. The first-order valence-corrected chi connectivity index (χ1v) is 20.8. The third-order valence-corrected chi connectivity index (χ3v) is 11.9. The lowest BCUT2D eigenvalue weighted by Gasteiger charge is -2.10. The van der Waals surface area contributed by atoms with Crippen LogP contribution in [0.5, 0.6) is 0 Å². The third-order valence-electron chi connectivity index (χ3n) is 11.9. The van der Waals surface area contributed by atoms with E-state index < -0.39 is 0 Å². The highest BCUT2D eigenvalue weighted by Crippen LogP contribution is 2.41. The van der Waals surface area contributed by atoms with Crippen molar-refractivity contribution in [3.63, 3.8) is 0 Å². The molecule has 0 bridgehead atoms. The van der Waals surface area contributed by atoms with E-state index in [1.54, 1.807) is 0 Å². The van der Waals surface area contributed by atoms with Crippen molar-refractivity contribution in [3.8, 4) is 73.2 Å². The molecular formula is C57H36N4O. The lowest BCUT2D eigenvalue weighted by molar-refractivity contribution is 0.669. The summed E-state index contributed by atoms with van der Waals surface area (Å²) < 4.78 is 9.04. The highest BCUT2D eigenvalue weighted by atomic mass is 16.3. The average Bonchev–Trinajstić information content (AvgIpc) is 3.90. The van der Waals surface area contributed by atoms with Crippen LogP contribution in [0.2, 0.25) is 0 Å². The number of furan rings is 1. The standard InChI is InChI=1S/C57H36N4O/c1-5-14-37(15-6-1)39-24-26-41(27-25-39)56-58-55(40-18-9-3-10-19-40)59-57(60-56)44-29-32-48-53(36-44)62-52-23-13-22-46(54(48)52)43-30-33-50-49(34-43)47-31-28-42(38-16-7-2-8-17-38)35-51(47)61(50)45-20-11-4-12-21-45/h1-36H. The van der Waals surface area contributed by atoms with Crippen LogP contribution in [-0.4, -0.2) is 19.5 Å². The maximum atomic E-state index is 6.66. The summed E-state index contributed by atoms with van der Waals surface area (Å²) >= 11 is 0. The molecule has 12 rings (SSSR count). The Kier molecular flexibility index (Phi) is 8.42. The van der Waals surface area contributed by atoms with Crippen LogP contribution in [0, 0.1) is 0 Å². The molecule has 0 aliphatic carbocycles. The van der Waals surface area contributed by atoms with Crippen LogP contribution in [0.1, 0.15) is 0 Å². The molecule has 9 aromatic carbocycles. The Morgan fingerprint density at radius 3 is 1.52 bits per heavy atom. The Balaban J connectivity index is 0.974. The van der Waals surface area contributed by atoms with Gasteiger partial charge < -0.3 is 8.98 Å². The van der Waals surface area contributed by atoms with E-state index >= 15 is 0 Å². The van der Waals surface area contributed by atoms with Crippen molar-refractivity contribution in [2.75, 3.05) is 0 Å². The average molecular weight is 793 g/mol. The third kappa shape index (κ3) is 6.14. The molecule has 0 unspecified atom stereocenters. The number of hydrogen-bond donors (Lipinski definition) is 0. The van der Waals surface area contributed by atoms with E-state index in [4.69, 9.17) is 19.4 Å². The molecule has 12 aromatic rings. The summed E-state index contributed by atoms with van der Waals surface area (Å²) in [6.45, 7) is 0. The van der Waals surface area contributed by atoms with E-state index in [0.29, 0.717) is 17.5 Å². The number of para-hydroxylation sites is 1. The van der Waals surface area contributed by atoms with Gasteiger partial charge in [-0.3, -0.25) is 0 Å². The molecule has 0 saturated heterocycles. The van der Waals surface area contributed by atoms with Gasteiger partial charge in [0.1, 0.15) is 11.2 Å². The molecule has 0 amide bonds. The van der Waals surface area contributed by atoms with Gasteiger partial charge in [-0.25, -0.2) is 15.0 Å². The number of fused-ring (bicyclic) bond motifs is 6. The molecule has 0 fully saturated rings. The molecule has 3 heterocycles. The first-order chi connectivity index (χ1) is 30.7. The zero-order chi connectivity index (χ0) is 41.0. The molecule has 0 aliphatic rings. The zero-order valence-corrected chi connectivity index (χ0v) is 33.5. The predicted octanol–water partition coefficient (Wildman–Crippen LogP) is 14.9. The molecule has 0 atom stereocenters. The van der Waals surface area contributed by atoms with Crippen LogP contribution >= 0.6 is 0 Å². The van der Waals surface area contributed by atoms with Crippen molar-refractivity contribution >= 4 is 43.7 Å². The normalized spacial score (nSPS) is 11.5. The quantitative estimate of drug-likeness (QED) is 0.161. The Morgan fingerprint density at radius 2 is 0.823 bits per heavy atom. The molecule has 0 saturated carbocycles. The second kappa shape index (κ2) is 14.7. The fraction of sp³-hybridized carbons (Fsp3) is 0. The van der Waals surface area contributed by atoms with E-state index in [0.717, 1.165) is 72.1 Å². The molecule has 5 nitrogen and oxygen atoms in total. The van der Waals surface area contributed by atoms with Gasteiger partial charge in [-0.2, -0.15) is 0 Å². The van der Waals surface area contributed by atoms with Crippen molar-refractivity contribution in [1.82, 2.24) is 19.5 Å². The van der Waals surface area contributed by atoms with Crippen LogP contribution in [0.4, 0.5) is 0 Å². The van der Waals surface area contributed by atoms with Gasteiger partial charge in [-0.15, -0.1) is 0 Å². The molecule has 290 valence electrons. The Labute approximate surface area is 357 Å². The van der Waals surface area contributed by atoms with Crippen LogP contribution in [0.3, 0.4) is 0 Å². The molecule has 0 spiro atoms. The summed E-state index contributed by atoms with van der Waals surface area (Å²) in [6, 6.07) is 76.4. The van der Waals surface area contributed by atoms with Gasteiger partial charge in [0.15, 0.2) is 17.5 Å². The zero-order valence-electron chi connectivity index (χ0n) is 33.5. The largest absolute Gasteiger partial charge is 0.456 e. The lowest BCUT2D eigenvalue weighted by atomic mass is 9.97. The monoisotopic (exact) mass is 792 g/mol. The number of benzene rings is 9. The van der Waals surface area contributed by atoms with Crippen LogP contribution in [0.15, 0.2) is 223 Å². The SMILES string of the molecule is c1ccc(-c2ccc(-c3nc(-c4ccccc4)nc(-c4ccc5c(c4)oc4cccc(-c6ccc7c(c6)c6ccc(-c8ccccc8)cc6n7-c6ccccc6)c45)n3)cc2)cc1. The van der Waals surface area contributed by atoms with Crippen molar-refractivity contribution in [2.45, 2.75) is 0 Å². The fourth-order valence-electron chi connectivity index (χ4n) is 8.85. The van der Waals surface area contributed by atoms with Gasteiger partial charge in [-0.1, -0.05) is 170 Å². The highest BCUT2D eigenvalue weighted by molar-refractivity contribution is 6.15. The number of rotatable bonds is 7. The van der Waals surface area contributed by atoms with Crippen LogP contribution in [0.25, 0.3) is 117 Å². The van der Waals surface area contributed by atoms with Gasteiger partial charge in [0, 0.05) is 43.9 Å². The van der Waals surface area contributed by atoms with Crippen molar-refractivity contribution < 1.29 is 4.42 Å². The summed E-state index contributed by atoms with van der Waals surface area (Å²) in [4.78, 5) is 15.1. The van der Waals surface area contributed by atoms with Gasteiger partial charge in [-0.05, 0) is 81.9 Å². The summed E-state index contributed by atoms with van der Waals surface area (Å²) in [5.74, 6) is 1.81. The maximum Gasteiger partial charge on any atom is 0.164 e. The van der Waals surface area contributed by atoms with Crippen molar-refractivity contribution in [2.24, 2.45) is 0 Å².